The number of carbonyl (C=O) groups excluding carboxylic acids is 2. The number of hydrogen-bond acceptors (Lipinski definition) is 4. The molecule has 0 aliphatic heterocycles. The fourth-order valence-corrected chi connectivity index (χ4v) is 2.98. The number of urea groups is 1. The summed E-state index contributed by atoms with van der Waals surface area (Å²) in [4.78, 5) is 30.1. The van der Waals surface area contributed by atoms with Crippen LogP contribution in [0.4, 0.5) is 15.6 Å². The van der Waals surface area contributed by atoms with Gasteiger partial charge in [0.25, 0.3) is 0 Å². The Labute approximate surface area is 145 Å². The zero-order valence-electron chi connectivity index (χ0n) is 14.1. The van der Waals surface area contributed by atoms with Gasteiger partial charge >= 0.3 is 6.03 Å². The Morgan fingerprint density at radius 3 is 2.62 bits per heavy atom. The lowest BCUT2D eigenvalue weighted by atomic mass is 10.2. The van der Waals surface area contributed by atoms with Crippen LogP contribution in [0.5, 0.6) is 0 Å². The smallest absolute Gasteiger partial charge is 0.325 e. The molecular weight excluding hydrogens is 324 g/mol. The average molecular weight is 346 g/mol. The van der Waals surface area contributed by atoms with Crippen LogP contribution in [-0.4, -0.2) is 34.9 Å². The van der Waals surface area contributed by atoms with Crippen molar-refractivity contribution in [2.24, 2.45) is 0 Å². The second kappa shape index (κ2) is 8.44. The zero-order valence-corrected chi connectivity index (χ0v) is 14.9. The standard InChI is InChI=1S/C17H22N4O2S/c1-4-21(5-2)15(22)10-14-11-24-17(19-14)20-16(23)18-13-8-6-7-12(3)9-13/h6-9,11H,4-5,10H2,1-3H3,(H2,18,19,20,23). The Bertz CT molecular complexity index is 710. The maximum Gasteiger partial charge on any atom is 0.325 e. The molecule has 7 heteroatoms. The fourth-order valence-electron chi connectivity index (χ4n) is 2.27. The number of hydrogen-bond donors (Lipinski definition) is 2. The predicted molar refractivity (Wildman–Crippen MR) is 97.6 cm³/mol. The first-order chi connectivity index (χ1) is 11.5. The zero-order chi connectivity index (χ0) is 17.5. The van der Waals surface area contributed by atoms with Gasteiger partial charge in [0, 0.05) is 24.2 Å². The van der Waals surface area contributed by atoms with Gasteiger partial charge in [-0.3, -0.25) is 10.1 Å². The van der Waals surface area contributed by atoms with E-state index in [1.807, 2.05) is 45.0 Å². The normalized spacial score (nSPS) is 10.3. The number of amides is 3. The summed E-state index contributed by atoms with van der Waals surface area (Å²) in [7, 11) is 0. The quantitative estimate of drug-likeness (QED) is 0.840. The van der Waals surface area contributed by atoms with Crippen LogP contribution in [0.3, 0.4) is 0 Å². The molecule has 2 aromatic rings. The SMILES string of the molecule is CCN(CC)C(=O)Cc1csc(NC(=O)Nc2cccc(C)c2)n1. The third kappa shape index (κ3) is 5.06. The molecule has 0 spiro atoms. The maximum atomic E-state index is 12.1. The van der Waals surface area contributed by atoms with Crippen molar-refractivity contribution in [3.05, 3.63) is 40.9 Å². The Morgan fingerprint density at radius 1 is 1.21 bits per heavy atom. The molecular formula is C17H22N4O2S. The number of aromatic nitrogens is 1. The summed E-state index contributed by atoms with van der Waals surface area (Å²) < 4.78 is 0. The third-order valence-electron chi connectivity index (χ3n) is 3.50. The van der Waals surface area contributed by atoms with Crippen molar-refractivity contribution in [1.82, 2.24) is 9.88 Å². The number of nitrogens with zero attached hydrogens (tertiary/aromatic N) is 2. The monoisotopic (exact) mass is 346 g/mol. The van der Waals surface area contributed by atoms with Gasteiger partial charge in [-0.15, -0.1) is 11.3 Å². The van der Waals surface area contributed by atoms with Crippen molar-refractivity contribution in [2.45, 2.75) is 27.2 Å². The van der Waals surface area contributed by atoms with E-state index in [2.05, 4.69) is 15.6 Å². The van der Waals surface area contributed by atoms with Gasteiger partial charge in [0.1, 0.15) is 0 Å². The van der Waals surface area contributed by atoms with E-state index in [-0.39, 0.29) is 18.4 Å². The van der Waals surface area contributed by atoms with Gasteiger partial charge in [-0.05, 0) is 38.5 Å². The summed E-state index contributed by atoms with van der Waals surface area (Å²) in [5, 5.41) is 7.72. The molecule has 0 saturated carbocycles. The van der Waals surface area contributed by atoms with Crippen LogP contribution < -0.4 is 10.6 Å². The van der Waals surface area contributed by atoms with E-state index >= 15 is 0 Å². The predicted octanol–water partition coefficient (Wildman–Crippen LogP) is 3.51. The van der Waals surface area contributed by atoms with Crippen molar-refractivity contribution < 1.29 is 9.59 Å². The molecule has 1 aromatic heterocycles. The second-order valence-corrected chi connectivity index (χ2v) is 6.19. The van der Waals surface area contributed by atoms with Crippen molar-refractivity contribution in [3.63, 3.8) is 0 Å². The second-order valence-electron chi connectivity index (χ2n) is 5.34. The summed E-state index contributed by atoms with van der Waals surface area (Å²) in [5.74, 6) is 0.0427. The minimum absolute atomic E-state index is 0.0427. The van der Waals surface area contributed by atoms with E-state index in [0.29, 0.717) is 23.9 Å². The number of thiazole rings is 1. The highest BCUT2D eigenvalue weighted by atomic mass is 32.1. The lowest BCUT2D eigenvalue weighted by Gasteiger charge is -2.17. The van der Waals surface area contributed by atoms with Gasteiger partial charge in [-0.25, -0.2) is 9.78 Å². The highest BCUT2D eigenvalue weighted by Crippen LogP contribution is 2.17. The first kappa shape index (κ1) is 17.9. The summed E-state index contributed by atoms with van der Waals surface area (Å²) in [6, 6.07) is 7.20. The van der Waals surface area contributed by atoms with Crippen LogP contribution in [0.25, 0.3) is 0 Å². The van der Waals surface area contributed by atoms with Gasteiger partial charge in [0.05, 0.1) is 12.1 Å². The molecule has 128 valence electrons. The Morgan fingerprint density at radius 2 is 1.96 bits per heavy atom. The Balaban J connectivity index is 1.91. The fraction of sp³-hybridized carbons (Fsp3) is 0.353. The highest BCUT2D eigenvalue weighted by Gasteiger charge is 2.13. The summed E-state index contributed by atoms with van der Waals surface area (Å²) >= 11 is 1.31. The first-order valence-electron chi connectivity index (χ1n) is 7.88. The molecule has 24 heavy (non-hydrogen) atoms. The largest absolute Gasteiger partial charge is 0.343 e. The van der Waals surface area contributed by atoms with E-state index in [1.54, 1.807) is 10.3 Å². The number of aryl methyl sites for hydroxylation is 1. The lowest BCUT2D eigenvalue weighted by molar-refractivity contribution is -0.130. The number of rotatable bonds is 6. The highest BCUT2D eigenvalue weighted by molar-refractivity contribution is 7.14. The molecule has 0 radical (unpaired) electrons. The minimum atomic E-state index is -0.350. The number of carbonyl (C=O) groups is 2. The van der Waals surface area contributed by atoms with E-state index in [1.165, 1.54) is 11.3 Å². The molecule has 6 nitrogen and oxygen atoms in total. The van der Waals surface area contributed by atoms with Gasteiger partial charge in [0.15, 0.2) is 5.13 Å². The number of benzene rings is 1. The number of nitrogens with one attached hydrogen (secondary N) is 2. The maximum absolute atomic E-state index is 12.1. The van der Waals surface area contributed by atoms with Gasteiger partial charge in [-0.2, -0.15) is 0 Å². The van der Waals surface area contributed by atoms with Crippen LogP contribution >= 0.6 is 11.3 Å². The van der Waals surface area contributed by atoms with Crippen molar-refractivity contribution in [2.75, 3.05) is 23.7 Å². The molecule has 0 unspecified atom stereocenters. The topological polar surface area (TPSA) is 74.3 Å². The molecule has 0 aliphatic rings. The molecule has 0 bridgehead atoms. The molecule has 0 saturated heterocycles. The summed E-state index contributed by atoms with van der Waals surface area (Å²) in [6.07, 6.45) is 0.249. The van der Waals surface area contributed by atoms with E-state index in [4.69, 9.17) is 0 Å². The van der Waals surface area contributed by atoms with Crippen molar-refractivity contribution in [1.29, 1.82) is 0 Å². The Kier molecular flexibility index (Phi) is 6.31. The molecule has 2 N–H and O–H groups in total. The number of anilines is 2. The Hall–Kier alpha value is -2.41. The average Bonchev–Trinajstić information content (AvgIpc) is 2.95. The van der Waals surface area contributed by atoms with Gasteiger partial charge in [0.2, 0.25) is 5.91 Å². The van der Waals surface area contributed by atoms with Crippen LogP contribution in [0.2, 0.25) is 0 Å². The van der Waals surface area contributed by atoms with Crippen molar-refractivity contribution >= 4 is 34.1 Å². The molecule has 0 aliphatic carbocycles. The van der Waals surface area contributed by atoms with Gasteiger partial charge in [-0.1, -0.05) is 12.1 Å². The van der Waals surface area contributed by atoms with E-state index < -0.39 is 0 Å². The number of likely N-dealkylation sites (N-methyl/N-ethyl adjacent to an activating group) is 1. The first-order valence-corrected chi connectivity index (χ1v) is 8.76. The minimum Gasteiger partial charge on any atom is -0.343 e. The molecule has 1 heterocycles. The van der Waals surface area contributed by atoms with Crippen LogP contribution in [0, 0.1) is 6.92 Å². The molecule has 0 fully saturated rings. The lowest BCUT2D eigenvalue weighted by Crippen LogP contribution is -2.31. The van der Waals surface area contributed by atoms with Crippen LogP contribution in [0.1, 0.15) is 25.1 Å². The third-order valence-corrected chi connectivity index (χ3v) is 4.30. The molecule has 1 aromatic carbocycles. The molecule has 0 atom stereocenters. The van der Waals surface area contributed by atoms with Crippen LogP contribution in [-0.2, 0) is 11.2 Å². The van der Waals surface area contributed by atoms with Gasteiger partial charge < -0.3 is 10.2 Å². The van der Waals surface area contributed by atoms with Crippen molar-refractivity contribution in [3.8, 4) is 0 Å². The molecule has 3 amide bonds. The summed E-state index contributed by atoms with van der Waals surface area (Å²) in [5.41, 5.74) is 2.46. The van der Waals surface area contributed by atoms with Crippen LogP contribution in [0.15, 0.2) is 29.6 Å². The molecule has 2 rings (SSSR count). The van der Waals surface area contributed by atoms with E-state index in [0.717, 1.165) is 11.3 Å². The van der Waals surface area contributed by atoms with E-state index in [9.17, 15) is 9.59 Å². The summed E-state index contributed by atoms with van der Waals surface area (Å²) in [6.45, 7) is 7.23.